The largest absolute Gasteiger partial charge is 0.493 e. The van der Waals surface area contributed by atoms with Gasteiger partial charge in [0.2, 0.25) is 18.6 Å². The molecule has 2 atom stereocenters. The zero-order valence-corrected chi connectivity index (χ0v) is 25.1. The minimum atomic E-state index is -1.32. The summed E-state index contributed by atoms with van der Waals surface area (Å²) in [5.41, 5.74) is 1.88. The Morgan fingerprint density at radius 3 is 2.60 bits per heavy atom. The standard InChI is InChI=1S/C32H33N5O8/c1-19(38)22-14-27-28(45-18-44-27)15-25(22)37(29(39)17-36-24-11-5-4-10-23(24)34-35-36)30(32(40)33-16-20-8-7-13-43-20)21-9-6-12-26(41-2)31(21)42-3/h4-6,9-12,14-15,20,30H,7-8,13,16-18H2,1-3H3,(H,33,40)/t20-,30+/m1/s1. The van der Waals surface area contributed by atoms with Gasteiger partial charge in [-0.3, -0.25) is 19.3 Å². The number of carbonyl (C=O) groups is 3. The molecular formula is C32H33N5O8. The number of para-hydroxylation sites is 2. The van der Waals surface area contributed by atoms with E-state index < -0.39 is 17.9 Å². The zero-order valence-electron chi connectivity index (χ0n) is 25.1. The minimum absolute atomic E-state index is 0.0516. The molecule has 0 aliphatic carbocycles. The number of ketones is 1. The molecular weight excluding hydrogens is 582 g/mol. The van der Waals surface area contributed by atoms with Gasteiger partial charge in [0.25, 0.3) is 0 Å². The van der Waals surface area contributed by atoms with Crippen molar-refractivity contribution in [3.8, 4) is 23.0 Å². The van der Waals surface area contributed by atoms with Gasteiger partial charge in [-0.05, 0) is 44.0 Å². The summed E-state index contributed by atoms with van der Waals surface area (Å²) in [6.07, 6.45) is 1.53. The van der Waals surface area contributed by atoms with Gasteiger partial charge in [0.1, 0.15) is 18.1 Å². The number of hydrogen-bond acceptors (Lipinski definition) is 10. The van der Waals surface area contributed by atoms with Gasteiger partial charge in [0.15, 0.2) is 28.8 Å². The van der Waals surface area contributed by atoms with Crippen LogP contribution in [-0.2, 0) is 20.9 Å². The number of nitrogens with one attached hydrogen (secondary N) is 1. The maximum Gasteiger partial charge on any atom is 0.249 e. The summed E-state index contributed by atoms with van der Waals surface area (Å²) in [6.45, 7) is 1.88. The Kier molecular flexibility index (Phi) is 8.52. The van der Waals surface area contributed by atoms with Crippen LogP contribution in [0.4, 0.5) is 5.69 Å². The summed E-state index contributed by atoms with van der Waals surface area (Å²) in [7, 11) is 2.94. The fourth-order valence-corrected chi connectivity index (χ4v) is 5.71. The van der Waals surface area contributed by atoms with Crippen molar-refractivity contribution in [1.82, 2.24) is 20.3 Å². The van der Waals surface area contributed by atoms with E-state index in [-0.39, 0.29) is 48.8 Å². The fraction of sp³-hybridized carbons (Fsp3) is 0.344. The number of Topliss-reactive ketones (excluding diaryl/α,β-unsaturated/α-hetero) is 1. The van der Waals surface area contributed by atoms with Crippen molar-refractivity contribution in [2.75, 3.05) is 39.1 Å². The Hall–Kier alpha value is -5.17. The SMILES string of the molecule is COc1cccc([C@@H](C(=O)NC[C@H]2CCCO2)N(C(=O)Cn2nnc3ccccc32)c2cc3c(cc2C(C)=O)OCO3)c1OC. The van der Waals surface area contributed by atoms with E-state index in [1.54, 1.807) is 36.4 Å². The highest BCUT2D eigenvalue weighted by Gasteiger charge is 2.39. The fourth-order valence-electron chi connectivity index (χ4n) is 5.71. The van der Waals surface area contributed by atoms with Crippen LogP contribution >= 0.6 is 0 Å². The normalized spacial score (nSPS) is 15.9. The quantitative estimate of drug-likeness (QED) is 0.249. The number of amides is 2. The number of nitrogens with zero attached hydrogens (tertiary/aromatic N) is 4. The molecule has 13 heteroatoms. The summed E-state index contributed by atoms with van der Waals surface area (Å²) in [6, 6.07) is 14.1. The van der Waals surface area contributed by atoms with Crippen LogP contribution in [0.1, 0.15) is 41.7 Å². The van der Waals surface area contributed by atoms with Crippen LogP contribution in [0.5, 0.6) is 23.0 Å². The number of methoxy groups -OCH3 is 2. The molecule has 0 saturated carbocycles. The van der Waals surface area contributed by atoms with Gasteiger partial charge in [-0.2, -0.15) is 0 Å². The molecule has 4 aromatic rings. The first-order valence-corrected chi connectivity index (χ1v) is 14.5. The molecule has 0 spiro atoms. The molecule has 1 saturated heterocycles. The Labute approximate surface area is 258 Å². The monoisotopic (exact) mass is 615 g/mol. The van der Waals surface area contributed by atoms with Crippen LogP contribution in [0.3, 0.4) is 0 Å². The molecule has 3 heterocycles. The molecule has 1 N–H and O–H groups in total. The summed E-state index contributed by atoms with van der Waals surface area (Å²) in [5, 5.41) is 11.4. The van der Waals surface area contributed by atoms with Crippen LogP contribution in [0, 0.1) is 0 Å². The first-order chi connectivity index (χ1) is 21.9. The Morgan fingerprint density at radius 2 is 1.87 bits per heavy atom. The third-order valence-corrected chi connectivity index (χ3v) is 7.87. The van der Waals surface area contributed by atoms with Gasteiger partial charge in [-0.25, -0.2) is 4.68 Å². The van der Waals surface area contributed by atoms with Crippen LogP contribution in [-0.4, -0.2) is 72.9 Å². The first-order valence-electron chi connectivity index (χ1n) is 14.5. The molecule has 3 aromatic carbocycles. The Bertz CT molecular complexity index is 1750. The second-order valence-corrected chi connectivity index (χ2v) is 10.6. The van der Waals surface area contributed by atoms with E-state index in [1.807, 2.05) is 12.1 Å². The van der Waals surface area contributed by atoms with Crippen molar-refractivity contribution < 1.29 is 38.1 Å². The highest BCUT2D eigenvalue weighted by atomic mass is 16.7. The van der Waals surface area contributed by atoms with E-state index in [2.05, 4.69) is 15.6 Å². The van der Waals surface area contributed by atoms with E-state index in [1.165, 1.54) is 36.8 Å². The molecule has 2 amide bonds. The number of fused-ring (bicyclic) bond motifs is 2. The van der Waals surface area contributed by atoms with Gasteiger partial charge in [0, 0.05) is 30.3 Å². The lowest BCUT2D eigenvalue weighted by molar-refractivity contribution is -0.127. The summed E-state index contributed by atoms with van der Waals surface area (Å²) in [4.78, 5) is 43.4. The molecule has 2 aliphatic rings. The Morgan fingerprint density at radius 1 is 1.07 bits per heavy atom. The second kappa shape index (κ2) is 12.8. The van der Waals surface area contributed by atoms with Crippen LogP contribution in [0.15, 0.2) is 54.6 Å². The minimum Gasteiger partial charge on any atom is -0.493 e. The summed E-state index contributed by atoms with van der Waals surface area (Å²) >= 11 is 0. The third-order valence-electron chi connectivity index (χ3n) is 7.87. The number of carbonyl (C=O) groups excluding carboxylic acids is 3. The van der Waals surface area contributed by atoms with Crippen molar-refractivity contribution in [1.29, 1.82) is 0 Å². The van der Waals surface area contributed by atoms with E-state index in [4.69, 9.17) is 23.7 Å². The molecule has 1 fully saturated rings. The van der Waals surface area contributed by atoms with Crippen molar-refractivity contribution in [3.05, 3.63) is 65.7 Å². The van der Waals surface area contributed by atoms with E-state index in [9.17, 15) is 14.4 Å². The van der Waals surface area contributed by atoms with E-state index >= 15 is 0 Å². The van der Waals surface area contributed by atoms with Gasteiger partial charge >= 0.3 is 0 Å². The third kappa shape index (κ3) is 5.86. The van der Waals surface area contributed by atoms with Gasteiger partial charge in [0.05, 0.1) is 31.5 Å². The van der Waals surface area contributed by atoms with Gasteiger partial charge in [-0.15, -0.1) is 5.10 Å². The first kappa shape index (κ1) is 29.9. The molecule has 1 aromatic heterocycles. The maximum atomic E-state index is 14.6. The highest BCUT2D eigenvalue weighted by Crippen LogP contribution is 2.44. The van der Waals surface area contributed by atoms with Crippen LogP contribution in [0.25, 0.3) is 11.0 Å². The maximum absolute atomic E-state index is 14.6. The smallest absolute Gasteiger partial charge is 0.249 e. The van der Waals surface area contributed by atoms with Gasteiger partial charge < -0.3 is 29.0 Å². The molecule has 6 rings (SSSR count). The molecule has 0 bridgehead atoms. The lowest BCUT2D eigenvalue weighted by Crippen LogP contribution is -2.47. The predicted molar refractivity (Wildman–Crippen MR) is 162 cm³/mol. The zero-order chi connectivity index (χ0) is 31.5. The summed E-state index contributed by atoms with van der Waals surface area (Å²) in [5.74, 6) is -0.101. The Balaban J connectivity index is 1.53. The van der Waals surface area contributed by atoms with Crippen molar-refractivity contribution in [2.45, 2.75) is 38.5 Å². The molecule has 0 unspecified atom stereocenters. The molecule has 2 aliphatic heterocycles. The van der Waals surface area contributed by atoms with E-state index in [0.29, 0.717) is 40.5 Å². The van der Waals surface area contributed by atoms with Crippen molar-refractivity contribution >= 4 is 34.3 Å². The van der Waals surface area contributed by atoms with Crippen LogP contribution in [0.2, 0.25) is 0 Å². The highest BCUT2D eigenvalue weighted by molar-refractivity contribution is 6.09. The lowest BCUT2D eigenvalue weighted by Gasteiger charge is -2.33. The summed E-state index contributed by atoms with van der Waals surface area (Å²) < 4.78 is 29.7. The van der Waals surface area contributed by atoms with Crippen molar-refractivity contribution in [3.63, 3.8) is 0 Å². The second-order valence-electron chi connectivity index (χ2n) is 10.6. The predicted octanol–water partition coefficient (Wildman–Crippen LogP) is 3.45. The van der Waals surface area contributed by atoms with Crippen LogP contribution < -0.4 is 29.2 Å². The number of ether oxygens (including phenoxy) is 5. The molecule has 13 nitrogen and oxygen atoms in total. The number of anilines is 1. The average molecular weight is 616 g/mol. The van der Waals surface area contributed by atoms with E-state index in [0.717, 1.165) is 12.8 Å². The number of rotatable bonds is 11. The lowest BCUT2D eigenvalue weighted by atomic mass is 9.98. The molecule has 0 radical (unpaired) electrons. The number of benzene rings is 3. The average Bonchev–Trinajstić information content (AvgIpc) is 3.83. The molecule has 234 valence electrons. The van der Waals surface area contributed by atoms with Crippen molar-refractivity contribution in [2.24, 2.45) is 0 Å². The molecule has 45 heavy (non-hydrogen) atoms. The number of hydrogen-bond donors (Lipinski definition) is 1. The topological polar surface area (TPSA) is 143 Å². The number of aromatic nitrogens is 3. The van der Waals surface area contributed by atoms with Gasteiger partial charge in [-0.1, -0.05) is 29.5 Å².